The smallest absolute Gasteiger partial charge is 0.0482 e. The van der Waals surface area contributed by atoms with E-state index in [2.05, 4.69) is 67.8 Å². The summed E-state index contributed by atoms with van der Waals surface area (Å²) in [6, 6.07) is 15.4. The zero-order chi connectivity index (χ0) is 13.5. The molecule has 1 aromatic heterocycles. The maximum Gasteiger partial charge on any atom is 0.0482 e. The first kappa shape index (κ1) is 12.5. The summed E-state index contributed by atoms with van der Waals surface area (Å²) < 4.78 is 2.55. The summed E-state index contributed by atoms with van der Waals surface area (Å²) in [5.41, 5.74) is 4.37. The number of rotatable bonds is 3. The lowest BCUT2D eigenvalue weighted by Crippen LogP contribution is -2.18. The van der Waals surface area contributed by atoms with Crippen LogP contribution in [-0.4, -0.2) is 4.57 Å². The van der Waals surface area contributed by atoms with E-state index in [4.69, 9.17) is 0 Å². The molecule has 0 bridgehead atoms. The zero-order valence-electron chi connectivity index (χ0n) is 12.2. The van der Waals surface area contributed by atoms with Crippen LogP contribution < -0.4 is 0 Å². The van der Waals surface area contributed by atoms with E-state index in [9.17, 15) is 0 Å². The summed E-state index contributed by atoms with van der Waals surface area (Å²) in [6.07, 6.45) is 2.80. The summed E-state index contributed by atoms with van der Waals surface area (Å²) in [5.74, 6) is 0.899. The van der Waals surface area contributed by atoms with Crippen molar-refractivity contribution in [2.75, 3.05) is 0 Å². The van der Waals surface area contributed by atoms with Gasteiger partial charge < -0.3 is 4.57 Å². The highest BCUT2D eigenvalue weighted by molar-refractivity contribution is 5.61. The van der Waals surface area contributed by atoms with Crippen LogP contribution in [0.1, 0.15) is 39.3 Å². The van der Waals surface area contributed by atoms with Gasteiger partial charge in [-0.2, -0.15) is 0 Å². The van der Waals surface area contributed by atoms with Crippen LogP contribution in [0.25, 0.3) is 11.3 Å². The molecule has 1 fully saturated rings. The SMILES string of the molecule is CC(C)(C)c1ccc(-c2ccccc2)n1CC1CC1. The molecule has 0 spiro atoms. The average molecular weight is 253 g/mol. The molecule has 19 heavy (non-hydrogen) atoms. The summed E-state index contributed by atoms with van der Waals surface area (Å²) in [6.45, 7) is 8.10. The van der Waals surface area contributed by atoms with E-state index >= 15 is 0 Å². The van der Waals surface area contributed by atoms with E-state index in [-0.39, 0.29) is 5.41 Å². The van der Waals surface area contributed by atoms with Crippen LogP contribution in [-0.2, 0) is 12.0 Å². The number of hydrogen-bond donors (Lipinski definition) is 0. The van der Waals surface area contributed by atoms with Crippen molar-refractivity contribution >= 4 is 0 Å². The Balaban J connectivity index is 2.06. The van der Waals surface area contributed by atoms with Crippen molar-refractivity contribution in [2.45, 2.75) is 45.6 Å². The van der Waals surface area contributed by atoms with Gasteiger partial charge in [0.05, 0.1) is 0 Å². The van der Waals surface area contributed by atoms with Crippen molar-refractivity contribution in [3.63, 3.8) is 0 Å². The van der Waals surface area contributed by atoms with Gasteiger partial charge in [0.15, 0.2) is 0 Å². The highest BCUT2D eigenvalue weighted by Crippen LogP contribution is 2.36. The standard InChI is InChI=1S/C18H23N/c1-18(2,3)17-12-11-16(15-7-5-4-6-8-15)19(17)13-14-9-10-14/h4-8,11-12,14H,9-10,13H2,1-3H3. The molecule has 1 saturated carbocycles. The van der Waals surface area contributed by atoms with E-state index in [0.717, 1.165) is 5.92 Å². The predicted octanol–water partition coefficient (Wildman–Crippen LogP) is 4.86. The molecule has 1 heterocycles. The Morgan fingerprint density at radius 3 is 2.26 bits per heavy atom. The molecule has 1 aliphatic carbocycles. The third kappa shape index (κ3) is 2.60. The second kappa shape index (κ2) is 4.56. The zero-order valence-corrected chi connectivity index (χ0v) is 12.2. The summed E-state index contributed by atoms with van der Waals surface area (Å²) in [5, 5.41) is 0. The van der Waals surface area contributed by atoms with Crippen LogP contribution in [0.15, 0.2) is 42.5 Å². The third-order valence-corrected chi connectivity index (χ3v) is 3.96. The van der Waals surface area contributed by atoms with Gasteiger partial charge in [-0.05, 0) is 36.5 Å². The molecule has 0 saturated heterocycles. The summed E-state index contributed by atoms with van der Waals surface area (Å²) >= 11 is 0. The van der Waals surface area contributed by atoms with E-state index in [1.807, 2.05) is 0 Å². The van der Waals surface area contributed by atoms with Crippen LogP contribution in [0.2, 0.25) is 0 Å². The average Bonchev–Trinajstić information content (AvgIpc) is 3.06. The minimum atomic E-state index is 0.210. The maximum absolute atomic E-state index is 2.55. The molecule has 0 aliphatic heterocycles. The highest BCUT2D eigenvalue weighted by atomic mass is 15.0. The maximum atomic E-state index is 2.55. The Morgan fingerprint density at radius 2 is 1.68 bits per heavy atom. The molecule has 100 valence electrons. The fraction of sp³-hybridized carbons (Fsp3) is 0.444. The molecule has 1 nitrogen and oxygen atoms in total. The van der Waals surface area contributed by atoms with Crippen molar-refractivity contribution < 1.29 is 0 Å². The van der Waals surface area contributed by atoms with Crippen LogP contribution in [0.5, 0.6) is 0 Å². The van der Waals surface area contributed by atoms with Gasteiger partial charge in [-0.25, -0.2) is 0 Å². The molecular formula is C18H23N. The first-order valence-corrected chi connectivity index (χ1v) is 7.31. The Labute approximate surface area is 116 Å². The molecule has 1 aromatic carbocycles. The fourth-order valence-electron chi connectivity index (χ4n) is 2.74. The molecule has 0 N–H and O–H groups in total. The number of benzene rings is 1. The number of nitrogens with zero attached hydrogens (tertiary/aromatic N) is 1. The van der Waals surface area contributed by atoms with Gasteiger partial charge in [0.2, 0.25) is 0 Å². The van der Waals surface area contributed by atoms with Gasteiger partial charge in [-0.1, -0.05) is 51.1 Å². The lowest BCUT2D eigenvalue weighted by molar-refractivity contribution is 0.503. The third-order valence-electron chi connectivity index (χ3n) is 3.96. The molecule has 3 rings (SSSR count). The van der Waals surface area contributed by atoms with Crippen LogP contribution in [0.4, 0.5) is 0 Å². The second-order valence-corrected chi connectivity index (χ2v) is 6.77. The molecule has 2 aromatic rings. The van der Waals surface area contributed by atoms with E-state index in [1.54, 1.807) is 0 Å². The summed E-state index contributed by atoms with van der Waals surface area (Å²) in [4.78, 5) is 0. The Morgan fingerprint density at radius 1 is 1.00 bits per heavy atom. The lowest BCUT2D eigenvalue weighted by atomic mass is 9.92. The quantitative estimate of drug-likeness (QED) is 0.736. The minimum Gasteiger partial charge on any atom is -0.344 e. The summed E-state index contributed by atoms with van der Waals surface area (Å²) in [7, 11) is 0. The van der Waals surface area contributed by atoms with Gasteiger partial charge in [0, 0.05) is 23.3 Å². The molecule has 0 unspecified atom stereocenters. The van der Waals surface area contributed by atoms with Crippen LogP contribution >= 0.6 is 0 Å². The van der Waals surface area contributed by atoms with Crippen molar-refractivity contribution in [2.24, 2.45) is 5.92 Å². The minimum absolute atomic E-state index is 0.210. The van der Waals surface area contributed by atoms with Crippen molar-refractivity contribution in [1.29, 1.82) is 0 Å². The van der Waals surface area contributed by atoms with E-state index in [1.165, 1.54) is 36.3 Å². The highest BCUT2D eigenvalue weighted by Gasteiger charge is 2.27. The second-order valence-electron chi connectivity index (χ2n) is 6.77. The van der Waals surface area contributed by atoms with Gasteiger partial charge >= 0.3 is 0 Å². The van der Waals surface area contributed by atoms with Gasteiger partial charge in [0.25, 0.3) is 0 Å². The van der Waals surface area contributed by atoms with Gasteiger partial charge in [0.1, 0.15) is 0 Å². The van der Waals surface area contributed by atoms with Crippen molar-refractivity contribution in [1.82, 2.24) is 4.57 Å². The lowest BCUT2D eigenvalue weighted by Gasteiger charge is -2.23. The van der Waals surface area contributed by atoms with E-state index in [0.29, 0.717) is 0 Å². The first-order valence-electron chi connectivity index (χ1n) is 7.31. The van der Waals surface area contributed by atoms with Crippen LogP contribution in [0, 0.1) is 5.92 Å². The first-order chi connectivity index (χ1) is 9.05. The Kier molecular flexibility index (Phi) is 3.00. The molecule has 0 atom stereocenters. The number of hydrogen-bond acceptors (Lipinski definition) is 0. The predicted molar refractivity (Wildman–Crippen MR) is 81.3 cm³/mol. The van der Waals surface area contributed by atoms with Gasteiger partial charge in [-0.15, -0.1) is 0 Å². The molecule has 1 heteroatoms. The van der Waals surface area contributed by atoms with Crippen molar-refractivity contribution in [3.05, 3.63) is 48.2 Å². The Hall–Kier alpha value is -1.50. The monoisotopic (exact) mass is 253 g/mol. The molecular weight excluding hydrogens is 230 g/mol. The molecule has 0 amide bonds. The fourth-order valence-corrected chi connectivity index (χ4v) is 2.74. The number of aromatic nitrogens is 1. The van der Waals surface area contributed by atoms with E-state index < -0.39 is 0 Å². The molecule has 1 aliphatic rings. The topological polar surface area (TPSA) is 4.93 Å². The Bertz CT molecular complexity index is 553. The normalized spacial score (nSPS) is 15.7. The molecule has 0 radical (unpaired) electrons. The van der Waals surface area contributed by atoms with Crippen molar-refractivity contribution in [3.8, 4) is 11.3 Å². The largest absolute Gasteiger partial charge is 0.344 e. The van der Waals surface area contributed by atoms with Crippen LogP contribution in [0.3, 0.4) is 0 Å². The van der Waals surface area contributed by atoms with Gasteiger partial charge in [-0.3, -0.25) is 0 Å².